The Morgan fingerprint density at radius 1 is 1.75 bits per heavy atom. The Morgan fingerprint density at radius 2 is 2.42 bits per heavy atom. The first-order valence-corrected chi connectivity index (χ1v) is 3.95. The van der Waals surface area contributed by atoms with Crippen molar-refractivity contribution in [2.75, 3.05) is 13.7 Å². The van der Waals surface area contributed by atoms with E-state index in [1.54, 1.807) is 0 Å². The van der Waals surface area contributed by atoms with Crippen molar-refractivity contribution in [1.29, 1.82) is 5.26 Å². The van der Waals surface area contributed by atoms with Crippen LogP contribution in [0.4, 0.5) is 0 Å². The first-order valence-electron chi connectivity index (χ1n) is 3.95. The number of amides is 1. The first kappa shape index (κ1) is 9.01. The molecule has 0 heterocycles. The van der Waals surface area contributed by atoms with Crippen molar-refractivity contribution in [3.05, 3.63) is 0 Å². The molecule has 4 heteroatoms. The fourth-order valence-electron chi connectivity index (χ4n) is 1.30. The quantitative estimate of drug-likeness (QED) is 0.612. The Balaban J connectivity index is 2.44. The zero-order valence-corrected chi connectivity index (χ0v) is 7.09. The number of hydrogen-bond donors (Lipinski definition) is 1. The van der Waals surface area contributed by atoms with E-state index >= 15 is 0 Å². The summed E-state index contributed by atoms with van der Waals surface area (Å²) in [4.78, 5) is 11.4. The topological polar surface area (TPSA) is 62.1 Å². The lowest BCUT2D eigenvalue weighted by atomic mass is 9.79. The minimum absolute atomic E-state index is 0.0595. The van der Waals surface area contributed by atoms with Gasteiger partial charge in [0.1, 0.15) is 12.1 Å². The van der Waals surface area contributed by atoms with Crippen molar-refractivity contribution in [3.63, 3.8) is 0 Å². The van der Waals surface area contributed by atoms with Gasteiger partial charge < -0.3 is 10.1 Å². The van der Waals surface area contributed by atoms with Crippen molar-refractivity contribution in [3.8, 4) is 6.07 Å². The average Bonchev–Trinajstić information content (AvgIpc) is 2.00. The monoisotopic (exact) mass is 168 g/mol. The maximum Gasteiger partial charge on any atom is 0.253 e. The number of nitrogens with zero attached hydrogens (tertiary/aromatic N) is 1. The van der Waals surface area contributed by atoms with E-state index in [4.69, 9.17) is 10.00 Å². The van der Waals surface area contributed by atoms with E-state index in [9.17, 15) is 4.79 Å². The maximum atomic E-state index is 11.4. The third-order valence-corrected chi connectivity index (χ3v) is 2.29. The number of carbonyl (C=O) groups is 1. The smallest absolute Gasteiger partial charge is 0.253 e. The molecule has 1 saturated carbocycles. The summed E-state index contributed by atoms with van der Waals surface area (Å²) >= 11 is 0. The highest BCUT2D eigenvalue weighted by molar-refractivity contribution is 5.86. The van der Waals surface area contributed by atoms with E-state index in [1.807, 2.05) is 6.07 Å². The number of rotatable bonds is 3. The van der Waals surface area contributed by atoms with Gasteiger partial charge in [0.25, 0.3) is 5.91 Å². The molecular formula is C8H12N2O2. The van der Waals surface area contributed by atoms with Gasteiger partial charge in [-0.15, -0.1) is 0 Å². The summed E-state index contributed by atoms with van der Waals surface area (Å²) in [6, 6.07) is 1.86. The fraction of sp³-hybridized carbons (Fsp3) is 0.750. The van der Waals surface area contributed by atoms with Crippen LogP contribution < -0.4 is 5.32 Å². The lowest BCUT2D eigenvalue weighted by Gasteiger charge is -2.38. The predicted octanol–water partition coefficient (Wildman–Crippen LogP) is 0.195. The molecule has 1 aliphatic rings. The molecule has 1 N–H and O–H groups in total. The highest BCUT2D eigenvalue weighted by Gasteiger charge is 2.44. The third-order valence-electron chi connectivity index (χ3n) is 2.29. The molecule has 12 heavy (non-hydrogen) atoms. The molecule has 0 radical (unpaired) electrons. The third kappa shape index (κ3) is 1.41. The van der Waals surface area contributed by atoms with E-state index in [-0.39, 0.29) is 12.5 Å². The normalized spacial score (nSPS) is 19.0. The second-order valence-corrected chi connectivity index (χ2v) is 2.89. The number of nitrogens with one attached hydrogen (secondary N) is 1. The number of methoxy groups -OCH3 is 1. The highest BCUT2D eigenvalue weighted by atomic mass is 16.5. The molecule has 0 unspecified atom stereocenters. The second kappa shape index (κ2) is 3.55. The molecule has 0 spiro atoms. The van der Waals surface area contributed by atoms with Gasteiger partial charge in [-0.25, -0.2) is 0 Å². The molecular weight excluding hydrogens is 156 g/mol. The summed E-state index contributed by atoms with van der Waals surface area (Å²) < 4.78 is 5.11. The maximum absolute atomic E-state index is 11.4. The van der Waals surface area contributed by atoms with Crippen LogP contribution in [-0.4, -0.2) is 25.2 Å². The van der Waals surface area contributed by atoms with Crippen LogP contribution in [0.25, 0.3) is 0 Å². The van der Waals surface area contributed by atoms with E-state index in [1.165, 1.54) is 7.11 Å². The van der Waals surface area contributed by atoms with Crippen LogP contribution in [-0.2, 0) is 9.53 Å². The van der Waals surface area contributed by atoms with Crippen LogP contribution >= 0.6 is 0 Å². The second-order valence-electron chi connectivity index (χ2n) is 2.89. The SMILES string of the molecule is COC1(C(=O)NCC#N)CCC1. The van der Waals surface area contributed by atoms with Crippen LogP contribution in [0.1, 0.15) is 19.3 Å². The zero-order valence-electron chi connectivity index (χ0n) is 7.09. The van der Waals surface area contributed by atoms with Crippen molar-refractivity contribution >= 4 is 5.91 Å². The molecule has 0 aromatic carbocycles. The molecule has 1 fully saturated rings. The number of hydrogen-bond acceptors (Lipinski definition) is 3. The van der Waals surface area contributed by atoms with Crippen molar-refractivity contribution in [2.45, 2.75) is 24.9 Å². The van der Waals surface area contributed by atoms with Crippen LogP contribution in [0.2, 0.25) is 0 Å². The molecule has 0 aliphatic heterocycles. The molecule has 4 nitrogen and oxygen atoms in total. The van der Waals surface area contributed by atoms with Gasteiger partial charge >= 0.3 is 0 Å². The molecule has 1 rings (SSSR count). The fourth-order valence-corrected chi connectivity index (χ4v) is 1.30. The largest absolute Gasteiger partial charge is 0.368 e. The Bertz CT molecular complexity index is 210. The van der Waals surface area contributed by atoms with E-state index in [2.05, 4.69) is 5.32 Å². The summed E-state index contributed by atoms with van der Waals surface area (Å²) in [5, 5.41) is 10.7. The van der Waals surface area contributed by atoms with Crippen LogP contribution in [0.15, 0.2) is 0 Å². The van der Waals surface area contributed by atoms with Gasteiger partial charge in [-0.05, 0) is 19.3 Å². The van der Waals surface area contributed by atoms with Gasteiger partial charge in [0.2, 0.25) is 0 Å². The van der Waals surface area contributed by atoms with E-state index in [0.717, 1.165) is 19.3 Å². The van der Waals surface area contributed by atoms with Crippen molar-refractivity contribution in [1.82, 2.24) is 5.32 Å². The minimum atomic E-state index is -0.628. The van der Waals surface area contributed by atoms with Gasteiger partial charge in [0.15, 0.2) is 0 Å². The molecule has 1 amide bonds. The summed E-state index contributed by atoms with van der Waals surface area (Å²) in [6.45, 7) is 0.0595. The molecule has 0 atom stereocenters. The number of nitriles is 1. The Kier molecular flexibility index (Phi) is 2.66. The molecule has 0 saturated heterocycles. The number of ether oxygens (including phenoxy) is 1. The van der Waals surface area contributed by atoms with Crippen LogP contribution in [0.5, 0.6) is 0 Å². The molecule has 0 aromatic heterocycles. The lowest BCUT2D eigenvalue weighted by Crippen LogP contribution is -2.53. The zero-order chi connectivity index (χ0) is 9.03. The first-order chi connectivity index (χ1) is 5.75. The molecule has 1 aliphatic carbocycles. The minimum Gasteiger partial charge on any atom is -0.368 e. The summed E-state index contributed by atoms with van der Waals surface area (Å²) in [6.07, 6.45) is 2.55. The van der Waals surface area contributed by atoms with Crippen molar-refractivity contribution < 1.29 is 9.53 Å². The van der Waals surface area contributed by atoms with E-state index in [0.29, 0.717) is 0 Å². The Hall–Kier alpha value is -1.08. The van der Waals surface area contributed by atoms with Gasteiger partial charge in [-0.3, -0.25) is 4.79 Å². The standard InChI is InChI=1S/C8H12N2O2/c1-12-8(3-2-4-8)7(11)10-6-5-9/h2-4,6H2,1H3,(H,10,11). The van der Waals surface area contributed by atoms with Crippen LogP contribution in [0.3, 0.4) is 0 Å². The molecule has 66 valence electrons. The Labute approximate surface area is 71.5 Å². The Morgan fingerprint density at radius 3 is 2.75 bits per heavy atom. The van der Waals surface area contributed by atoms with Crippen molar-refractivity contribution in [2.24, 2.45) is 0 Å². The predicted molar refractivity (Wildman–Crippen MR) is 42.2 cm³/mol. The van der Waals surface area contributed by atoms with Gasteiger partial charge in [-0.2, -0.15) is 5.26 Å². The number of carbonyl (C=O) groups excluding carboxylic acids is 1. The van der Waals surface area contributed by atoms with Gasteiger partial charge in [-0.1, -0.05) is 0 Å². The highest BCUT2D eigenvalue weighted by Crippen LogP contribution is 2.34. The summed E-state index contributed by atoms with van der Waals surface area (Å²) in [5.74, 6) is -0.155. The van der Waals surface area contributed by atoms with Gasteiger partial charge in [0.05, 0.1) is 6.07 Å². The van der Waals surface area contributed by atoms with Gasteiger partial charge in [0, 0.05) is 7.11 Å². The molecule has 0 bridgehead atoms. The van der Waals surface area contributed by atoms with Crippen LogP contribution in [0, 0.1) is 11.3 Å². The van der Waals surface area contributed by atoms with E-state index < -0.39 is 5.60 Å². The lowest BCUT2D eigenvalue weighted by molar-refractivity contribution is -0.153. The molecule has 0 aromatic rings. The summed E-state index contributed by atoms with van der Waals surface area (Å²) in [7, 11) is 1.53. The average molecular weight is 168 g/mol. The summed E-state index contributed by atoms with van der Waals surface area (Å²) in [5.41, 5.74) is -0.628.